The summed E-state index contributed by atoms with van der Waals surface area (Å²) < 4.78 is 25.2. The first-order valence-corrected chi connectivity index (χ1v) is 9.80. The predicted octanol–water partition coefficient (Wildman–Crippen LogP) is 6.89. The maximum Gasteiger partial charge on any atom is 0.162 e. The number of methoxy groups -OCH3 is 1. The monoisotopic (exact) mass is 471 g/mol. The molecule has 0 aliphatic carbocycles. The van der Waals surface area contributed by atoms with Crippen LogP contribution in [0.1, 0.15) is 16.7 Å². The zero-order valence-corrected chi connectivity index (χ0v) is 17.8. The second kappa shape index (κ2) is 9.60. The Bertz CT molecular complexity index is 1090. The number of allylic oxidation sites excluding steroid dienone is 1. The topological polar surface area (TPSA) is 42.2 Å². The first kappa shape index (κ1) is 20.9. The number of nitriles is 1. The van der Waals surface area contributed by atoms with Gasteiger partial charge >= 0.3 is 0 Å². The summed E-state index contributed by atoms with van der Waals surface area (Å²) in [7, 11) is 1.55. The molecule has 0 aliphatic rings. The lowest BCUT2D eigenvalue weighted by Gasteiger charge is -2.14. The number of ether oxygens (including phenoxy) is 2. The molecular formula is C23H16BrClFNO2. The van der Waals surface area contributed by atoms with E-state index in [9.17, 15) is 9.65 Å². The molecule has 0 saturated carbocycles. The number of halogens is 3. The van der Waals surface area contributed by atoms with Gasteiger partial charge in [-0.2, -0.15) is 5.26 Å². The van der Waals surface area contributed by atoms with Crippen molar-refractivity contribution < 1.29 is 13.9 Å². The lowest BCUT2D eigenvalue weighted by Crippen LogP contribution is -1.99. The van der Waals surface area contributed by atoms with Gasteiger partial charge in [-0.15, -0.1) is 0 Å². The fourth-order valence-electron chi connectivity index (χ4n) is 2.67. The lowest BCUT2D eigenvalue weighted by atomic mass is 10.0. The predicted molar refractivity (Wildman–Crippen MR) is 116 cm³/mol. The van der Waals surface area contributed by atoms with E-state index in [2.05, 4.69) is 22.0 Å². The third-order valence-electron chi connectivity index (χ3n) is 4.20. The summed E-state index contributed by atoms with van der Waals surface area (Å²) in [5.74, 6) is 0.702. The van der Waals surface area contributed by atoms with Crippen LogP contribution in [-0.4, -0.2) is 7.11 Å². The van der Waals surface area contributed by atoms with Crippen LogP contribution < -0.4 is 9.47 Å². The summed E-state index contributed by atoms with van der Waals surface area (Å²) in [6, 6.07) is 18.9. The largest absolute Gasteiger partial charge is 0.493 e. The van der Waals surface area contributed by atoms with Crippen molar-refractivity contribution in [3.8, 4) is 17.6 Å². The van der Waals surface area contributed by atoms with Crippen molar-refractivity contribution in [2.45, 2.75) is 6.61 Å². The van der Waals surface area contributed by atoms with E-state index in [0.29, 0.717) is 27.7 Å². The molecule has 0 saturated heterocycles. The molecular weight excluding hydrogens is 457 g/mol. The first-order valence-electron chi connectivity index (χ1n) is 8.63. The van der Waals surface area contributed by atoms with E-state index in [0.717, 1.165) is 15.6 Å². The second-order valence-corrected chi connectivity index (χ2v) is 7.34. The maximum absolute atomic E-state index is 13.2. The van der Waals surface area contributed by atoms with Crippen LogP contribution in [0.2, 0.25) is 5.02 Å². The number of hydrogen-bond acceptors (Lipinski definition) is 3. The van der Waals surface area contributed by atoms with Crippen LogP contribution in [0.25, 0.3) is 11.6 Å². The third kappa shape index (κ3) is 5.17. The maximum atomic E-state index is 13.2. The molecule has 0 N–H and O–H groups in total. The number of rotatable bonds is 6. The summed E-state index contributed by atoms with van der Waals surface area (Å²) in [6.07, 6.45) is 1.71. The van der Waals surface area contributed by atoms with E-state index in [1.807, 2.05) is 18.2 Å². The van der Waals surface area contributed by atoms with E-state index in [4.69, 9.17) is 21.1 Å². The van der Waals surface area contributed by atoms with Gasteiger partial charge in [0.2, 0.25) is 0 Å². The van der Waals surface area contributed by atoms with Crippen LogP contribution in [0.5, 0.6) is 11.5 Å². The highest BCUT2D eigenvalue weighted by Gasteiger charge is 2.12. The highest BCUT2D eigenvalue weighted by Crippen LogP contribution is 2.36. The van der Waals surface area contributed by atoms with E-state index in [-0.39, 0.29) is 12.4 Å². The van der Waals surface area contributed by atoms with Crippen molar-refractivity contribution >= 4 is 39.2 Å². The summed E-state index contributed by atoms with van der Waals surface area (Å²) in [4.78, 5) is 0. The van der Waals surface area contributed by atoms with Crippen LogP contribution in [-0.2, 0) is 6.61 Å². The quantitative estimate of drug-likeness (QED) is 0.290. The van der Waals surface area contributed by atoms with Gasteiger partial charge in [-0.25, -0.2) is 4.39 Å². The molecule has 29 heavy (non-hydrogen) atoms. The highest BCUT2D eigenvalue weighted by molar-refractivity contribution is 9.10. The molecule has 0 fully saturated rings. The Hall–Kier alpha value is -2.81. The van der Waals surface area contributed by atoms with Gasteiger partial charge in [-0.3, -0.25) is 0 Å². The minimum atomic E-state index is -0.353. The standard InChI is InChI=1S/C23H16BrClFNO2/c1-28-22-11-17(10-18(13-27)15-6-8-19(26)9-7-15)20(24)12-23(22)29-14-16-4-2-3-5-21(16)25/h2-12H,14H2,1H3. The molecule has 146 valence electrons. The van der Waals surface area contributed by atoms with Crippen LogP contribution in [0.15, 0.2) is 65.1 Å². The molecule has 0 unspecified atom stereocenters. The zero-order chi connectivity index (χ0) is 20.8. The van der Waals surface area contributed by atoms with Crippen LogP contribution in [0.4, 0.5) is 4.39 Å². The minimum Gasteiger partial charge on any atom is -0.493 e. The number of nitrogens with zero attached hydrogens (tertiary/aromatic N) is 1. The van der Waals surface area contributed by atoms with Gasteiger partial charge in [0, 0.05) is 15.1 Å². The van der Waals surface area contributed by atoms with Gasteiger partial charge < -0.3 is 9.47 Å². The molecule has 0 atom stereocenters. The van der Waals surface area contributed by atoms with Crippen molar-refractivity contribution in [3.63, 3.8) is 0 Å². The Kier molecular flexibility index (Phi) is 6.92. The molecule has 0 spiro atoms. The smallest absolute Gasteiger partial charge is 0.162 e. The summed E-state index contributed by atoms with van der Waals surface area (Å²) in [5, 5.41) is 10.2. The summed E-state index contributed by atoms with van der Waals surface area (Å²) >= 11 is 9.70. The van der Waals surface area contributed by atoms with Gasteiger partial charge in [-0.05, 0) is 47.5 Å². The van der Waals surface area contributed by atoms with E-state index in [1.54, 1.807) is 43.5 Å². The van der Waals surface area contributed by atoms with Crippen molar-refractivity contribution in [3.05, 3.63) is 92.7 Å². The average Bonchev–Trinajstić information content (AvgIpc) is 2.73. The minimum absolute atomic E-state index is 0.288. The highest BCUT2D eigenvalue weighted by atomic mass is 79.9. The zero-order valence-electron chi connectivity index (χ0n) is 15.5. The fourth-order valence-corrected chi connectivity index (χ4v) is 3.30. The fraction of sp³-hybridized carbons (Fsp3) is 0.0870. The van der Waals surface area contributed by atoms with Crippen molar-refractivity contribution in [1.29, 1.82) is 5.26 Å². The van der Waals surface area contributed by atoms with Gasteiger partial charge in [-0.1, -0.05) is 57.9 Å². The lowest BCUT2D eigenvalue weighted by molar-refractivity contribution is 0.284. The Morgan fingerprint density at radius 1 is 1.14 bits per heavy atom. The Labute approximate surface area is 182 Å². The van der Waals surface area contributed by atoms with E-state index >= 15 is 0 Å². The molecule has 0 radical (unpaired) electrons. The Morgan fingerprint density at radius 3 is 2.52 bits per heavy atom. The van der Waals surface area contributed by atoms with Crippen molar-refractivity contribution in [2.24, 2.45) is 0 Å². The molecule has 3 rings (SSSR count). The normalized spacial score (nSPS) is 11.1. The second-order valence-electron chi connectivity index (χ2n) is 6.08. The Balaban J connectivity index is 1.90. The van der Waals surface area contributed by atoms with Crippen LogP contribution >= 0.6 is 27.5 Å². The van der Waals surface area contributed by atoms with E-state index < -0.39 is 0 Å². The molecule has 0 amide bonds. The third-order valence-corrected chi connectivity index (χ3v) is 5.25. The van der Waals surface area contributed by atoms with Gasteiger partial charge in [0.05, 0.1) is 18.8 Å². The van der Waals surface area contributed by atoms with Crippen molar-refractivity contribution in [1.82, 2.24) is 0 Å². The van der Waals surface area contributed by atoms with Gasteiger partial charge in [0.25, 0.3) is 0 Å². The molecule has 0 bridgehead atoms. The van der Waals surface area contributed by atoms with Crippen molar-refractivity contribution in [2.75, 3.05) is 7.11 Å². The van der Waals surface area contributed by atoms with Crippen LogP contribution in [0, 0.1) is 17.1 Å². The van der Waals surface area contributed by atoms with Gasteiger partial charge in [0.15, 0.2) is 11.5 Å². The Morgan fingerprint density at radius 2 is 1.86 bits per heavy atom. The van der Waals surface area contributed by atoms with Crippen LogP contribution in [0.3, 0.4) is 0 Å². The number of benzene rings is 3. The number of hydrogen-bond donors (Lipinski definition) is 0. The molecule has 0 heterocycles. The molecule has 0 aliphatic heterocycles. The van der Waals surface area contributed by atoms with E-state index in [1.165, 1.54) is 12.1 Å². The molecule has 3 aromatic carbocycles. The average molecular weight is 473 g/mol. The first-order chi connectivity index (χ1) is 14.0. The molecule has 3 aromatic rings. The summed E-state index contributed by atoms with van der Waals surface area (Å²) in [6.45, 7) is 0.288. The molecule has 6 heteroatoms. The summed E-state index contributed by atoms with van der Waals surface area (Å²) in [5.41, 5.74) is 2.61. The molecule has 3 nitrogen and oxygen atoms in total. The SMILES string of the molecule is COc1cc(C=C(C#N)c2ccc(F)cc2)c(Br)cc1OCc1ccccc1Cl. The van der Waals surface area contributed by atoms with Gasteiger partial charge in [0.1, 0.15) is 12.4 Å². The molecule has 0 aromatic heterocycles.